The van der Waals surface area contributed by atoms with Crippen molar-refractivity contribution in [3.63, 3.8) is 0 Å². The van der Waals surface area contributed by atoms with Gasteiger partial charge in [0.05, 0.1) is 13.2 Å². The minimum Gasteiger partial charge on any atom is -0.379 e. The predicted molar refractivity (Wildman–Crippen MR) is 94.7 cm³/mol. The molecule has 3 fully saturated rings. The lowest BCUT2D eigenvalue weighted by atomic mass is 9.79. The third-order valence-corrected chi connectivity index (χ3v) is 6.14. The average molecular weight is 331 g/mol. The summed E-state index contributed by atoms with van der Waals surface area (Å²) in [6, 6.07) is 2.07. The molecule has 0 amide bonds. The van der Waals surface area contributed by atoms with Gasteiger partial charge in [0.2, 0.25) is 0 Å². The van der Waals surface area contributed by atoms with Crippen LogP contribution in [0.25, 0.3) is 0 Å². The van der Waals surface area contributed by atoms with Crippen molar-refractivity contribution in [1.82, 2.24) is 10.6 Å². The van der Waals surface area contributed by atoms with Gasteiger partial charge in [-0.1, -0.05) is 33.1 Å². The Morgan fingerprint density at radius 1 is 1.09 bits per heavy atom. The quantitative estimate of drug-likeness (QED) is 0.829. The fraction of sp³-hybridized carbons (Fsp3) is 1.00. The van der Waals surface area contributed by atoms with Crippen molar-refractivity contribution >= 4 is 12.4 Å². The van der Waals surface area contributed by atoms with Gasteiger partial charge < -0.3 is 15.4 Å². The van der Waals surface area contributed by atoms with Crippen molar-refractivity contribution in [3.8, 4) is 0 Å². The minimum atomic E-state index is 0. The van der Waals surface area contributed by atoms with Crippen LogP contribution < -0.4 is 10.6 Å². The predicted octanol–water partition coefficient (Wildman–Crippen LogP) is 3.37. The third kappa shape index (κ3) is 4.59. The van der Waals surface area contributed by atoms with Gasteiger partial charge in [-0.15, -0.1) is 12.4 Å². The van der Waals surface area contributed by atoms with Gasteiger partial charge in [-0.3, -0.25) is 0 Å². The highest BCUT2D eigenvalue weighted by Crippen LogP contribution is 2.34. The molecule has 0 spiro atoms. The highest BCUT2D eigenvalue weighted by molar-refractivity contribution is 5.85. The Labute approximate surface area is 142 Å². The Bertz CT molecular complexity index is 320. The van der Waals surface area contributed by atoms with Crippen LogP contribution in [0.5, 0.6) is 0 Å². The van der Waals surface area contributed by atoms with Crippen LogP contribution in [-0.2, 0) is 4.74 Å². The van der Waals surface area contributed by atoms with Crippen molar-refractivity contribution in [2.45, 2.75) is 76.9 Å². The van der Waals surface area contributed by atoms with E-state index in [0.29, 0.717) is 6.04 Å². The van der Waals surface area contributed by atoms with Crippen molar-refractivity contribution in [2.75, 3.05) is 19.8 Å². The monoisotopic (exact) mass is 330 g/mol. The van der Waals surface area contributed by atoms with Crippen LogP contribution in [0.1, 0.15) is 58.8 Å². The van der Waals surface area contributed by atoms with Crippen LogP contribution in [0.2, 0.25) is 0 Å². The van der Waals surface area contributed by atoms with Crippen LogP contribution in [0.3, 0.4) is 0 Å². The number of morpholine rings is 1. The van der Waals surface area contributed by atoms with Gasteiger partial charge in [0.15, 0.2) is 0 Å². The van der Waals surface area contributed by atoms with Gasteiger partial charge in [-0.2, -0.15) is 0 Å². The van der Waals surface area contributed by atoms with Crippen molar-refractivity contribution in [1.29, 1.82) is 0 Å². The van der Waals surface area contributed by atoms with Crippen LogP contribution in [0.15, 0.2) is 0 Å². The van der Waals surface area contributed by atoms with Gasteiger partial charge in [0.25, 0.3) is 0 Å². The molecule has 0 aromatic heterocycles. The molecule has 0 radical (unpaired) electrons. The zero-order valence-electron chi connectivity index (χ0n) is 14.4. The molecule has 22 heavy (non-hydrogen) atoms. The first-order valence-electron chi connectivity index (χ1n) is 9.31. The normalized spacial score (nSPS) is 39.7. The van der Waals surface area contributed by atoms with Crippen molar-refractivity contribution < 1.29 is 4.74 Å². The number of halogens is 1. The average Bonchev–Trinajstić information content (AvgIpc) is 2.96. The summed E-state index contributed by atoms with van der Waals surface area (Å²) in [5.74, 6) is 2.57. The molecule has 3 rings (SSSR count). The smallest absolute Gasteiger partial charge is 0.0623 e. The summed E-state index contributed by atoms with van der Waals surface area (Å²) in [7, 11) is 0. The van der Waals surface area contributed by atoms with Crippen LogP contribution >= 0.6 is 12.4 Å². The topological polar surface area (TPSA) is 33.3 Å². The second-order valence-corrected chi connectivity index (χ2v) is 7.87. The molecule has 0 bridgehead atoms. The van der Waals surface area contributed by atoms with E-state index in [-0.39, 0.29) is 12.4 Å². The Kier molecular flexibility index (Phi) is 7.46. The molecule has 3 nitrogen and oxygen atoms in total. The summed E-state index contributed by atoms with van der Waals surface area (Å²) < 4.78 is 5.69. The first-order chi connectivity index (χ1) is 10.2. The number of hydrogen-bond donors (Lipinski definition) is 2. The number of ether oxygens (including phenoxy) is 1. The maximum absolute atomic E-state index is 5.69. The lowest BCUT2D eigenvalue weighted by molar-refractivity contribution is 0.0506. The zero-order valence-corrected chi connectivity index (χ0v) is 15.2. The summed E-state index contributed by atoms with van der Waals surface area (Å²) in [6.45, 7) is 7.64. The standard InChI is InChI=1S/C18H34N2O.ClH/c1-13(2)14-5-3-6-15(11-14)20-17-8-4-7-16(17)18-12-21-10-9-19-18;/h13-20H,3-12H2,1-2H3;1H. The molecule has 2 aliphatic carbocycles. The Morgan fingerprint density at radius 2 is 1.91 bits per heavy atom. The fourth-order valence-electron chi connectivity index (χ4n) is 4.83. The van der Waals surface area contributed by atoms with E-state index in [9.17, 15) is 0 Å². The lowest BCUT2D eigenvalue weighted by Crippen LogP contribution is -2.53. The lowest BCUT2D eigenvalue weighted by Gasteiger charge is -2.38. The maximum atomic E-state index is 5.69. The highest BCUT2D eigenvalue weighted by Gasteiger charge is 2.36. The van der Waals surface area contributed by atoms with E-state index in [1.807, 2.05) is 0 Å². The molecule has 5 atom stereocenters. The number of hydrogen-bond acceptors (Lipinski definition) is 3. The second-order valence-electron chi connectivity index (χ2n) is 7.87. The minimum absolute atomic E-state index is 0. The van der Waals surface area contributed by atoms with Crippen molar-refractivity contribution in [2.24, 2.45) is 17.8 Å². The molecular weight excluding hydrogens is 296 g/mol. The van der Waals surface area contributed by atoms with E-state index in [0.717, 1.165) is 49.6 Å². The van der Waals surface area contributed by atoms with Gasteiger partial charge >= 0.3 is 0 Å². The van der Waals surface area contributed by atoms with Gasteiger partial charge in [-0.25, -0.2) is 0 Å². The largest absolute Gasteiger partial charge is 0.379 e. The molecule has 0 aromatic rings. The molecular formula is C18H35ClN2O. The summed E-state index contributed by atoms with van der Waals surface area (Å²) in [6.07, 6.45) is 9.78. The first-order valence-corrected chi connectivity index (χ1v) is 9.31. The Balaban J connectivity index is 0.00000176. The van der Waals surface area contributed by atoms with E-state index < -0.39 is 0 Å². The van der Waals surface area contributed by atoms with Crippen LogP contribution in [0.4, 0.5) is 0 Å². The SMILES string of the molecule is CC(C)C1CCCC(NC2CCCC2C2COCCN2)C1.Cl. The molecule has 0 aromatic carbocycles. The Hall–Kier alpha value is 0.170. The first kappa shape index (κ1) is 18.5. The molecule has 1 aliphatic heterocycles. The number of rotatable bonds is 4. The third-order valence-electron chi connectivity index (χ3n) is 6.14. The summed E-state index contributed by atoms with van der Waals surface area (Å²) in [5.41, 5.74) is 0. The molecule has 1 saturated heterocycles. The van der Waals surface area contributed by atoms with E-state index in [2.05, 4.69) is 24.5 Å². The van der Waals surface area contributed by atoms with Crippen molar-refractivity contribution in [3.05, 3.63) is 0 Å². The van der Waals surface area contributed by atoms with E-state index in [1.165, 1.54) is 44.9 Å². The molecule has 130 valence electrons. The fourth-order valence-corrected chi connectivity index (χ4v) is 4.83. The molecule has 4 heteroatoms. The summed E-state index contributed by atoms with van der Waals surface area (Å²) >= 11 is 0. The van der Waals surface area contributed by atoms with E-state index in [1.54, 1.807) is 0 Å². The van der Waals surface area contributed by atoms with Gasteiger partial charge in [-0.05, 0) is 43.4 Å². The van der Waals surface area contributed by atoms with Crippen LogP contribution in [-0.4, -0.2) is 37.9 Å². The number of nitrogens with one attached hydrogen (secondary N) is 2. The Morgan fingerprint density at radius 3 is 2.64 bits per heavy atom. The molecule has 1 heterocycles. The molecule has 5 unspecified atom stereocenters. The molecule has 2 saturated carbocycles. The van der Waals surface area contributed by atoms with Gasteiger partial charge in [0.1, 0.15) is 0 Å². The van der Waals surface area contributed by atoms with E-state index in [4.69, 9.17) is 4.74 Å². The maximum Gasteiger partial charge on any atom is 0.0623 e. The summed E-state index contributed by atoms with van der Waals surface area (Å²) in [4.78, 5) is 0. The second kappa shape index (κ2) is 8.86. The summed E-state index contributed by atoms with van der Waals surface area (Å²) in [5, 5.41) is 7.74. The highest BCUT2D eigenvalue weighted by atomic mass is 35.5. The van der Waals surface area contributed by atoms with Gasteiger partial charge in [0, 0.05) is 24.7 Å². The zero-order chi connectivity index (χ0) is 14.7. The molecule has 3 aliphatic rings. The molecule has 2 N–H and O–H groups in total. The van der Waals surface area contributed by atoms with Crippen LogP contribution in [0, 0.1) is 17.8 Å². The van der Waals surface area contributed by atoms with E-state index >= 15 is 0 Å².